The highest BCUT2D eigenvalue weighted by Gasteiger charge is 2.48. The van der Waals surface area contributed by atoms with Crippen LogP contribution in [0.15, 0.2) is 70.5 Å². The number of nitrogens with one attached hydrogen (secondary N) is 1. The number of carbonyl (C=O) groups excluding carboxylic acids is 2. The van der Waals surface area contributed by atoms with Crippen molar-refractivity contribution in [2.75, 3.05) is 31.5 Å². The normalized spacial score (nSPS) is 23.4. The van der Waals surface area contributed by atoms with E-state index in [1.54, 1.807) is 11.3 Å². The quantitative estimate of drug-likeness (QED) is 0.289. The molecule has 3 aliphatic heterocycles. The van der Waals surface area contributed by atoms with Crippen LogP contribution in [0, 0.1) is 5.92 Å². The van der Waals surface area contributed by atoms with Crippen molar-refractivity contribution >= 4 is 44.8 Å². The Morgan fingerprint density at radius 3 is 2.53 bits per heavy atom. The van der Waals surface area contributed by atoms with Crippen LogP contribution < -0.4 is 5.32 Å². The van der Waals surface area contributed by atoms with Gasteiger partial charge >= 0.3 is 6.09 Å². The van der Waals surface area contributed by atoms with Crippen molar-refractivity contribution in [2.24, 2.45) is 5.92 Å². The molecular formula is C27H28BrN2O3S+. The lowest BCUT2D eigenvalue weighted by Crippen LogP contribution is -2.65. The SMILES string of the molecule is O=C(Nc1ccccc1Cc1cc(Br)cs1)OC1C[N+]2(CC(=O)c3ccccc3)CCC1CC2. The third-order valence-corrected chi connectivity index (χ3v) is 8.81. The van der Waals surface area contributed by atoms with E-state index in [9.17, 15) is 9.59 Å². The summed E-state index contributed by atoms with van der Waals surface area (Å²) in [5.74, 6) is 0.537. The molecule has 3 aromatic rings. The third kappa shape index (κ3) is 5.27. The summed E-state index contributed by atoms with van der Waals surface area (Å²) in [5.41, 5.74) is 2.59. The Morgan fingerprint density at radius 1 is 1.06 bits per heavy atom. The van der Waals surface area contributed by atoms with E-state index in [0.29, 0.717) is 23.5 Å². The maximum atomic E-state index is 12.9. The zero-order chi connectivity index (χ0) is 23.5. The molecule has 4 heterocycles. The number of Topliss-reactive ketones (excluding diaryl/α,β-unsaturated/α-hetero) is 1. The van der Waals surface area contributed by atoms with E-state index >= 15 is 0 Å². The Bertz CT molecular complexity index is 1170. The first-order valence-electron chi connectivity index (χ1n) is 11.7. The highest BCUT2D eigenvalue weighted by Crippen LogP contribution is 2.36. The van der Waals surface area contributed by atoms with Gasteiger partial charge in [-0.25, -0.2) is 4.79 Å². The van der Waals surface area contributed by atoms with Gasteiger partial charge in [-0.05, 0) is 33.6 Å². The summed E-state index contributed by atoms with van der Waals surface area (Å²) in [4.78, 5) is 27.0. The maximum Gasteiger partial charge on any atom is 0.412 e. The molecule has 1 amide bonds. The van der Waals surface area contributed by atoms with Crippen LogP contribution in [0.5, 0.6) is 0 Å². The zero-order valence-electron chi connectivity index (χ0n) is 18.9. The van der Waals surface area contributed by atoms with Gasteiger partial charge in [0.2, 0.25) is 5.78 Å². The van der Waals surface area contributed by atoms with Gasteiger partial charge in [0.15, 0.2) is 6.10 Å². The van der Waals surface area contributed by atoms with Crippen LogP contribution >= 0.6 is 27.3 Å². The lowest BCUT2D eigenvalue weighted by Gasteiger charge is -2.51. The van der Waals surface area contributed by atoms with Gasteiger partial charge in [0.05, 0.1) is 13.1 Å². The first-order chi connectivity index (χ1) is 16.5. The molecule has 7 heteroatoms. The lowest BCUT2D eigenvalue weighted by molar-refractivity contribution is -0.938. The predicted molar refractivity (Wildman–Crippen MR) is 138 cm³/mol. The number of hydrogen-bond donors (Lipinski definition) is 1. The van der Waals surface area contributed by atoms with Crippen LogP contribution in [0.2, 0.25) is 0 Å². The van der Waals surface area contributed by atoms with E-state index < -0.39 is 6.09 Å². The number of halogens is 1. The molecule has 3 fully saturated rings. The van der Waals surface area contributed by atoms with Crippen molar-refractivity contribution in [2.45, 2.75) is 25.4 Å². The van der Waals surface area contributed by atoms with Crippen molar-refractivity contribution < 1.29 is 18.8 Å². The predicted octanol–water partition coefficient (Wildman–Crippen LogP) is 6.14. The summed E-state index contributed by atoms with van der Waals surface area (Å²) in [7, 11) is 0. The minimum absolute atomic E-state index is 0.161. The highest BCUT2D eigenvalue weighted by atomic mass is 79.9. The molecule has 2 aromatic carbocycles. The van der Waals surface area contributed by atoms with Crippen LogP contribution in [0.1, 0.15) is 33.6 Å². The average molecular weight is 541 g/mol. The van der Waals surface area contributed by atoms with E-state index in [1.807, 2.05) is 54.6 Å². The van der Waals surface area contributed by atoms with E-state index in [1.165, 1.54) is 4.88 Å². The summed E-state index contributed by atoms with van der Waals surface area (Å²) in [6, 6.07) is 19.5. The number of hydrogen-bond acceptors (Lipinski definition) is 4. The second-order valence-electron chi connectivity index (χ2n) is 9.39. The van der Waals surface area contributed by atoms with Crippen molar-refractivity contribution in [3.63, 3.8) is 0 Å². The fourth-order valence-electron chi connectivity index (χ4n) is 5.30. The summed E-state index contributed by atoms with van der Waals surface area (Å²) < 4.78 is 7.76. The van der Waals surface area contributed by atoms with Crippen LogP contribution in [0.3, 0.4) is 0 Å². The number of para-hydroxylation sites is 1. The Balaban J connectivity index is 1.23. The number of carbonyl (C=O) groups is 2. The molecule has 6 rings (SSSR count). The number of piperidine rings is 3. The van der Waals surface area contributed by atoms with Crippen molar-refractivity contribution in [3.8, 4) is 0 Å². The maximum absolute atomic E-state index is 12.9. The van der Waals surface area contributed by atoms with Crippen molar-refractivity contribution in [1.29, 1.82) is 0 Å². The number of anilines is 1. The number of ketones is 1. The highest BCUT2D eigenvalue weighted by molar-refractivity contribution is 9.10. The van der Waals surface area contributed by atoms with Crippen LogP contribution in [0.4, 0.5) is 10.5 Å². The summed E-state index contributed by atoms with van der Waals surface area (Å²) >= 11 is 5.20. The topological polar surface area (TPSA) is 55.4 Å². The van der Waals surface area contributed by atoms with Crippen molar-refractivity contribution in [3.05, 3.63) is 86.5 Å². The van der Waals surface area contributed by atoms with Crippen LogP contribution in [-0.2, 0) is 11.2 Å². The first kappa shape index (κ1) is 23.3. The molecule has 1 aromatic heterocycles. The van der Waals surface area contributed by atoms with Crippen LogP contribution in [-0.4, -0.2) is 48.6 Å². The number of amides is 1. The van der Waals surface area contributed by atoms with Gasteiger partial charge in [-0.2, -0.15) is 0 Å². The monoisotopic (exact) mass is 539 g/mol. The summed E-state index contributed by atoms with van der Waals surface area (Å²) in [5, 5.41) is 5.05. The molecule has 0 saturated carbocycles. The number of nitrogens with zero attached hydrogens (tertiary/aromatic N) is 1. The van der Waals surface area contributed by atoms with E-state index in [4.69, 9.17) is 4.74 Å². The Morgan fingerprint density at radius 2 is 1.79 bits per heavy atom. The largest absolute Gasteiger partial charge is 0.440 e. The van der Waals surface area contributed by atoms with Crippen LogP contribution in [0.25, 0.3) is 0 Å². The number of rotatable bonds is 7. The van der Waals surface area contributed by atoms with Gasteiger partial charge in [-0.15, -0.1) is 11.3 Å². The van der Waals surface area contributed by atoms with Gasteiger partial charge in [0.25, 0.3) is 0 Å². The van der Waals surface area contributed by atoms with Crippen molar-refractivity contribution in [1.82, 2.24) is 0 Å². The third-order valence-electron chi connectivity index (χ3n) is 7.12. The first-order valence-corrected chi connectivity index (χ1v) is 13.4. The number of quaternary nitrogens is 1. The standard InChI is InChI=1S/C27H27BrN2O3S/c28-22-15-23(34-18-22)14-21-8-4-5-9-24(21)29-27(32)33-26-17-30(12-10-20(26)11-13-30)16-25(31)19-6-2-1-3-7-19/h1-9,15,18,20,26H,10-14,16-17H2/p+1. The smallest absolute Gasteiger partial charge is 0.412 e. The van der Waals surface area contributed by atoms with E-state index in [0.717, 1.165) is 53.6 Å². The fourth-order valence-corrected chi connectivity index (χ4v) is 6.78. The number of fused-ring (bicyclic) bond motifs is 3. The molecule has 34 heavy (non-hydrogen) atoms. The molecule has 0 aliphatic carbocycles. The molecule has 3 saturated heterocycles. The summed E-state index contributed by atoms with van der Waals surface area (Å²) in [6.45, 7) is 3.13. The van der Waals surface area contributed by atoms with Gasteiger partial charge in [0, 0.05) is 51.2 Å². The molecular weight excluding hydrogens is 512 g/mol. The fraction of sp³-hybridized carbons (Fsp3) is 0.333. The molecule has 2 bridgehead atoms. The molecule has 176 valence electrons. The van der Waals surface area contributed by atoms with Gasteiger partial charge < -0.3 is 9.22 Å². The molecule has 0 radical (unpaired) electrons. The Labute approximate surface area is 212 Å². The zero-order valence-corrected chi connectivity index (χ0v) is 21.3. The lowest BCUT2D eigenvalue weighted by atomic mass is 9.83. The number of thiophene rings is 1. The second kappa shape index (κ2) is 10.0. The second-order valence-corrected chi connectivity index (χ2v) is 11.3. The average Bonchev–Trinajstić information content (AvgIpc) is 3.26. The van der Waals surface area contributed by atoms with E-state index in [-0.39, 0.29) is 11.9 Å². The molecule has 5 nitrogen and oxygen atoms in total. The molecule has 1 N–H and O–H groups in total. The number of ether oxygens (including phenoxy) is 1. The van der Waals surface area contributed by atoms with Gasteiger partial charge in [0.1, 0.15) is 13.1 Å². The molecule has 3 aliphatic rings. The molecule has 1 unspecified atom stereocenters. The number of benzene rings is 2. The summed E-state index contributed by atoms with van der Waals surface area (Å²) in [6.07, 6.45) is 2.16. The Kier molecular flexibility index (Phi) is 6.86. The van der Waals surface area contributed by atoms with Gasteiger partial charge in [-0.3, -0.25) is 10.1 Å². The van der Waals surface area contributed by atoms with Gasteiger partial charge in [-0.1, -0.05) is 48.5 Å². The Hall–Kier alpha value is -2.48. The molecule has 1 atom stereocenters. The minimum atomic E-state index is -0.411. The minimum Gasteiger partial charge on any atom is -0.440 e. The molecule has 0 spiro atoms. The van der Waals surface area contributed by atoms with E-state index in [2.05, 4.69) is 32.7 Å².